The molecule has 0 amide bonds. The fourth-order valence-electron chi connectivity index (χ4n) is 0.937. The first-order valence-electron chi connectivity index (χ1n) is 4.05. The number of nitrogens with zero attached hydrogens (tertiary/aromatic N) is 2. The van der Waals surface area contributed by atoms with Gasteiger partial charge in [-0.25, -0.2) is 14.7 Å². The zero-order chi connectivity index (χ0) is 10.4. The standard InChI is InChI=1S/C9H13N3O2/c1-13-12(14-2)9(10)11-8-6-4-3-5-7-8/h3-7H,1-2H3,(H2,10,11). The third-order valence-corrected chi connectivity index (χ3v) is 1.52. The largest absolute Gasteiger partial charge is 0.366 e. The summed E-state index contributed by atoms with van der Waals surface area (Å²) in [4.78, 5) is 13.6. The van der Waals surface area contributed by atoms with Crippen molar-refractivity contribution in [2.24, 2.45) is 10.7 Å². The molecule has 0 radical (unpaired) electrons. The van der Waals surface area contributed by atoms with Crippen molar-refractivity contribution < 1.29 is 9.68 Å². The maximum Gasteiger partial charge on any atom is 0.249 e. The van der Waals surface area contributed by atoms with Crippen LogP contribution in [-0.4, -0.2) is 25.4 Å². The van der Waals surface area contributed by atoms with Crippen LogP contribution < -0.4 is 5.73 Å². The molecule has 0 heterocycles. The van der Waals surface area contributed by atoms with Crippen LogP contribution in [0.2, 0.25) is 0 Å². The third-order valence-electron chi connectivity index (χ3n) is 1.52. The average molecular weight is 195 g/mol. The number of hydrogen-bond donors (Lipinski definition) is 1. The van der Waals surface area contributed by atoms with E-state index in [1.807, 2.05) is 30.3 Å². The Balaban J connectivity index is 2.77. The lowest BCUT2D eigenvalue weighted by atomic mass is 10.3. The van der Waals surface area contributed by atoms with E-state index < -0.39 is 0 Å². The number of aliphatic imine (C=N–C) groups is 1. The minimum Gasteiger partial charge on any atom is -0.366 e. The van der Waals surface area contributed by atoms with E-state index in [9.17, 15) is 0 Å². The molecule has 0 spiro atoms. The molecular formula is C9H13N3O2. The fraction of sp³-hybridized carbons (Fsp3) is 0.222. The van der Waals surface area contributed by atoms with Crippen LogP contribution in [-0.2, 0) is 9.68 Å². The van der Waals surface area contributed by atoms with Gasteiger partial charge >= 0.3 is 0 Å². The summed E-state index contributed by atoms with van der Waals surface area (Å²) in [5.74, 6) is 0.140. The SMILES string of the molecule is CON(OC)C(N)=Nc1ccccc1. The Labute approximate surface area is 82.7 Å². The van der Waals surface area contributed by atoms with Crippen molar-refractivity contribution in [3.05, 3.63) is 30.3 Å². The zero-order valence-corrected chi connectivity index (χ0v) is 8.18. The van der Waals surface area contributed by atoms with Gasteiger partial charge in [0.05, 0.1) is 19.9 Å². The average Bonchev–Trinajstić information content (AvgIpc) is 2.21. The Hall–Kier alpha value is -1.59. The first-order chi connectivity index (χ1) is 6.77. The molecule has 1 aromatic rings. The van der Waals surface area contributed by atoms with Gasteiger partial charge in [-0.1, -0.05) is 23.4 Å². The van der Waals surface area contributed by atoms with Gasteiger partial charge in [-0.15, -0.1) is 0 Å². The summed E-state index contributed by atoms with van der Waals surface area (Å²) in [5, 5.41) is 1.02. The molecule has 0 saturated carbocycles. The van der Waals surface area contributed by atoms with Crippen molar-refractivity contribution in [3.63, 3.8) is 0 Å². The Morgan fingerprint density at radius 2 is 1.79 bits per heavy atom. The van der Waals surface area contributed by atoms with Crippen molar-refractivity contribution in [3.8, 4) is 0 Å². The first-order valence-corrected chi connectivity index (χ1v) is 4.05. The number of para-hydroxylation sites is 1. The summed E-state index contributed by atoms with van der Waals surface area (Å²) < 4.78 is 0. The summed E-state index contributed by atoms with van der Waals surface area (Å²) in [6.45, 7) is 0. The summed E-state index contributed by atoms with van der Waals surface area (Å²) in [5.41, 5.74) is 6.34. The molecule has 0 saturated heterocycles. The second-order valence-electron chi connectivity index (χ2n) is 2.43. The smallest absolute Gasteiger partial charge is 0.249 e. The van der Waals surface area contributed by atoms with E-state index in [0.29, 0.717) is 0 Å². The second-order valence-corrected chi connectivity index (χ2v) is 2.43. The molecule has 1 aromatic carbocycles. The maximum absolute atomic E-state index is 5.60. The molecule has 2 N–H and O–H groups in total. The molecule has 1 rings (SSSR count). The number of guanidine groups is 1. The van der Waals surface area contributed by atoms with Crippen LogP contribution in [0.5, 0.6) is 0 Å². The topological polar surface area (TPSA) is 60.1 Å². The summed E-state index contributed by atoms with van der Waals surface area (Å²) in [7, 11) is 2.88. The summed E-state index contributed by atoms with van der Waals surface area (Å²) in [6.07, 6.45) is 0. The number of nitrogens with two attached hydrogens (primary N) is 1. The fourth-order valence-corrected chi connectivity index (χ4v) is 0.937. The van der Waals surface area contributed by atoms with Gasteiger partial charge in [-0.05, 0) is 12.1 Å². The van der Waals surface area contributed by atoms with Gasteiger partial charge in [-0.2, -0.15) is 0 Å². The van der Waals surface area contributed by atoms with Crippen molar-refractivity contribution in [1.82, 2.24) is 5.23 Å². The molecule has 0 aliphatic heterocycles. The minimum absolute atomic E-state index is 0.140. The molecule has 0 unspecified atom stereocenters. The molecule has 5 nitrogen and oxygen atoms in total. The molecule has 0 fully saturated rings. The van der Waals surface area contributed by atoms with Crippen LogP contribution in [0.4, 0.5) is 5.69 Å². The van der Waals surface area contributed by atoms with Gasteiger partial charge in [0.2, 0.25) is 5.96 Å². The predicted molar refractivity (Wildman–Crippen MR) is 53.6 cm³/mol. The highest BCUT2D eigenvalue weighted by molar-refractivity contribution is 5.79. The quantitative estimate of drug-likeness (QED) is 0.445. The van der Waals surface area contributed by atoms with Gasteiger partial charge in [0.15, 0.2) is 0 Å². The lowest BCUT2D eigenvalue weighted by molar-refractivity contribution is -0.288. The number of hydrogen-bond acceptors (Lipinski definition) is 3. The molecule has 0 aliphatic carbocycles. The third kappa shape index (κ3) is 2.72. The Morgan fingerprint density at radius 1 is 1.21 bits per heavy atom. The molecular weight excluding hydrogens is 182 g/mol. The summed E-state index contributed by atoms with van der Waals surface area (Å²) in [6, 6.07) is 9.30. The predicted octanol–water partition coefficient (Wildman–Crippen LogP) is 1.06. The Morgan fingerprint density at radius 3 is 2.29 bits per heavy atom. The summed E-state index contributed by atoms with van der Waals surface area (Å²) >= 11 is 0. The lowest BCUT2D eigenvalue weighted by Crippen LogP contribution is -2.35. The van der Waals surface area contributed by atoms with Gasteiger partial charge in [0.25, 0.3) is 0 Å². The molecule has 0 aliphatic rings. The molecule has 0 bridgehead atoms. The highest BCUT2D eigenvalue weighted by atomic mass is 16.9. The number of hydroxylamine groups is 2. The van der Waals surface area contributed by atoms with Crippen LogP contribution in [0.1, 0.15) is 0 Å². The number of rotatable bonds is 3. The molecule has 76 valence electrons. The highest BCUT2D eigenvalue weighted by Gasteiger charge is 2.04. The van der Waals surface area contributed by atoms with Crippen molar-refractivity contribution >= 4 is 11.6 Å². The van der Waals surface area contributed by atoms with Gasteiger partial charge in [-0.3, -0.25) is 0 Å². The van der Waals surface area contributed by atoms with E-state index >= 15 is 0 Å². The van der Waals surface area contributed by atoms with E-state index in [-0.39, 0.29) is 5.96 Å². The monoisotopic (exact) mass is 195 g/mol. The van der Waals surface area contributed by atoms with E-state index in [4.69, 9.17) is 15.4 Å². The van der Waals surface area contributed by atoms with Crippen molar-refractivity contribution in [2.45, 2.75) is 0 Å². The van der Waals surface area contributed by atoms with Crippen molar-refractivity contribution in [1.29, 1.82) is 0 Å². The van der Waals surface area contributed by atoms with Crippen LogP contribution in [0.25, 0.3) is 0 Å². The zero-order valence-electron chi connectivity index (χ0n) is 8.18. The Bertz CT molecular complexity index is 296. The minimum atomic E-state index is 0.140. The van der Waals surface area contributed by atoms with Crippen molar-refractivity contribution in [2.75, 3.05) is 14.2 Å². The normalized spacial score (nSPS) is 11.4. The Kier molecular flexibility index (Phi) is 3.90. The molecule has 14 heavy (non-hydrogen) atoms. The van der Waals surface area contributed by atoms with E-state index in [1.54, 1.807) is 0 Å². The maximum atomic E-state index is 5.60. The van der Waals surface area contributed by atoms with Gasteiger partial charge in [0, 0.05) is 0 Å². The van der Waals surface area contributed by atoms with Crippen LogP contribution in [0, 0.1) is 0 Å². The lowest BCUT2D eigenvalue weighted by Gasteiger charge is -2.15. The van der Waals surface area contributed by atoms with Gasteiger partial charge < -0.3 is 5.73 Å². The number of benzene rings is 1. The van der Waals surface area contributed by atoms with Gasteiger partial charge in [0.1, 0.15) is 0 Å². The van der Waals surface area contributed by atoms with E-state index in [2.05, 4.69) is 4.99 Å². The van der Waals surface area contributed by atoms with Crippen LogP contribution in [0.3, 0.4) is 0 Å². The molecule has 0 atom stereocenters. The second kappa shape index (κ2) is 5.21. The molecule has 5 heteroatoms. The van der Waals surface area contributed by atoms with Crippen LogP contribution in [0.15, 0.2) is 35.3 Å². The first kappa shape index (κ1) is 10.5. The highest BCUT2D eigenvalue weighted by Crippen LogP contribution is 2.09. The van der Waals surface area contributed by atoms with Crippen LogP contribution >= 0.6 is 0 Å². The van der Waals surface area contributed by atoms with E-state index in [1.165, 1.54) is 14.2 Å². The molecule has 0 aromatic heterocycles. The van der Waals surface area contributed by atoms with E-state index in [0.717, 1.165) is 10.9 Å².